The Hall–Kier alpha value is -13.9. The summed E-state index contributed by atoms with van der Waals surface area (Å²) in [7, 11) is 0. The van der Waals surface area contributed by atoms with E-state index >= 15 is 0 Å². The normalized spacial score (nSPS) is 14.0. The van der Waals surface area contributed by atoms with Crippen LogP contribution in [0, 0.1) is 0 Å². The first-order valence-electron chi connectivity index (χ1n) is 39.3. The van der Waals surface area contributed by atoms with Crippen LogP contribution in [0.15, 0.2) is 394 Å². The van der Waals surface area contributed by atoms with E-state index in [0.717, 1.165) is 40.5 Å². The average molecular weight is 1430 g/mol. The maximum Gasteiger partial charge on any atom is 0.0540 e. The molecule has 2 heteroatoms. The van der Waals surface area contributed by atoms with Crippen molar-refractivity contribution in [3.8, 4) is 66.8 Å². The Labute approximate surface area is 652 Å². The molecular weight excluding hydrogens is 1350 g/mol. The molecule has 0 radical (unpaired) electrons. The molecule has 20 aromatic rings. The Bertz CT molecular complexity index is 7270. The summed E-state index contributed by atoms with van der Waals surface area (Å²) in [5.41, 5.74) is 27.7. The molecule has 0 saturated heterocycles. The summed E-state index contributed by atoms with van der Waals surface area (Å²) in [5, 5.41) is 20.1. The van der Waals surface area contributed by atoms with Crippen molar-refractivity contribution in [2.24, 2.45) is 0 Å². The first kappa shape index (κ1) is 65.2. The fourth-order valence-electron chi connectivity index (χ4n) is 19.5. The summed E-state index contributed by atoms with van der Waals surface area (Å²) in [6.07, 6.45) is 0.841. The van der Waals surface area contributed by atoms with Crippen molar-refractivity contribution in [2.75, 3.05) is 9.80 Å². The van der Waals surface area contributed by atoms with E-state index in [0.29, 0.717) is 0 Å². The molecule has 2 aliphatic carbocycles. The number of hydrogen-bond acceptors (Lipinski definition) is 2. The van der Waals surface area contributed by atoms with Crippen LogP contribution in [-0.4, -0.2) is 0 Å². The van der Waals surface area contributed by atoms with Gasteiger partial charge in [-0.3, -0.25) is 0 Å². The minimum absolute atomic E-state index is 0.0980. The lowest BCUT2D eigenvalue weighted by atomic mass is 9.75. The summed E-state index contributed by atoms with van der Waals surface area (Å²) in [5.74, 6) is 0. The molecule has 1 unspecified atom stereocenters. The van der Waals surface area contributed by atoms with Gasteiger partial charge >= 0.3 is 0 Å². The lowest BCUT2D eigenvalue weighted by Crippen LogP contribution is -2.24. The van der Waals surface area contributed by atoms with Crippen molar-refractivity contribution in [3.05, 3.63) is 422 Å². The van der Waals surface area contributed by atoms with Crippen molar-refractivity contribution < 1.29 is 0 Å². The topological polar surface area (TPSA) is 6.48 Å². The molecule has 0 aliphatic heterocycles. The number of fused-ring (bicyclic) bond motifs is 18. The SMILES string of the molecule is CC1(C)c2ccccc2-c2cc(N(c3ccc(-c4ccc5c(ccc6c7cc(CC8(C)c9ccccc9-c9cc(N(c%10ccc(-c%11ccc%12c(ccc%13c%14ccccc%14ccc%12%13)c%11)cc%10)c%10cccc(-c%11cccc%12ccccc%11%12)c%10)ccc98)ccc7ccc56)c4)cc3)c3ccccc3-c3cccc4ccccc34)ccc21. The molecule has 0 N–H and O–H groups in total. The van der Waals surface area contributed by atoms with Crippen LogP contribution >= 0.6 is 0 Å². The molecule has 0 saturated carbocycles. The van der Waals surface area contributed by atoms with Crippen LogP contribution in [0.5, 0.6) is 0 Å². The highest BCUT2D eigenvalue weighted by molar-refractivity contribution is 6.19. The van der Waals surface area contributed by atoms with Gasteiger partial charge in [0, 0.05) is 44.8 Å². The number of hydrogen-bond donors (Lipinski definition) is 0. The molecular formula is C110H76N2. The van der Waals surface area contributed by atoms with Gasteiger partial charge in [-0.2, -0.15) is 0 Å². The highest BCUT2D eigenvalue weighted by atomic mass is 15.1. The number of nitrogens with zero attached hydrogens (tertiary/aromatic N) is 2. The molecule has 2 nitrogen and oxygen atoms in total. The fourth-order valence-corrected chi connectivity index (χ4v) is 19.5. The molecule has 0 amide bonds. The van der Waals surface area contributed by atoms with Gasteiger partial charge in [0.15, 0.2) is 0 Å². The zero-order chi connectivity index (χ0) is 74.3. The van der Waals surface area contributed by atoms with E-state index < -0.39 is 0 Å². The molecule has 0 aromatic heterocycles. The third-order valence-corrected chi connectivity index (χ3v) is 25.0. The van der Waals surface area contributed by atoms with Crippen LogP contribution < -0.4 is 9.80 Å². The van der Waals surface area contributed by atoms with Crippen LogP contribution in [0.1, 0.15) is 48.6 Å². The summed E-state index contributed by atoms with van der Waals surface area (Å²) < 4.78 is 0. The van der Waals surface area contributed by atoms with E-state index in [-0.39, 0.29) is 10.8 Å². The zero-order valence-electron chi connectivity index (χ0n) is 62.6. The Morgan fingerprint density at radius 1 is 0.196 bits per heavy atom. The fraction of sp³-hybridized carbons (Fsp3) is 0.0545. The highest BCUT2D eigenvalue weighted by Crippen LogP contribution is 2.55. The van der Waals surface area contributed by atoms with E-state index in [2.05, 4.69) is 425 Å². The van der Waals surface area contributed by atoms with Crippen molar-refractivity contribution in [2.45, 2.75) is 38.0 Å². The predicted octanol–water partition coefficient (Wildman–Crippen LogP) is 30.4. The predicted molar refractivity (Wildman–Crippen MR) is 477 cm³/mol. The smallest absolute Gasteiger partial charge is 0.0540 e. The van der Waals surface area contributed by atoms with E-state index in [1.807, 2.05) is 0 Å². The molecule has 20 aromatic carbocycles. The zero-order valence-corrected chi connectivity index (χ0v) is 62.6. The monoisotopic (exact) mass is 1420 g/mol. The standard InChI is InChI=1S/C110H76N2/c1-109(2)104-34-13-10-29-98(104)102-68-86(53-61-105(102)109)112(108-36-15-12-31-100(108)93-33-18-23-74-20-5-8-27-88(74)93)83-51-41-72(42-52-83)78-46-56-92-81(65-78)48-60-97-96(92)58-44-76-38-37-70(63-101(76)97)69-110(3)106-35-14-11-30-99(106)103-67-85(54-62-107(103)110)111(84-25-16-24-79(66-84)90-32-17-22-73-19-4-7-26-87(73)90)82-49-39-71(40-50-82)77-45-55-91-80(64-77)47-59-94-89-28-9-6-21-75(89)43-57-95(91)94/h4-68H,69H2,1-3H3. The molecule has 0 spiro atoms. The molecule has 0 bridgehead atoms. The van der Waals surface area contributed by atoms with E-state index in [9.17, 15) is 0 Å². The highest BCUT2D eigenvalue weighted by Gasteiger charge is 2.40. The number of para-hydroxylation sites is 1. The van der Waals surface area contributed by atoms with Gasteiger partial charge in [-0.15, -0.1) is 0 Å². The second-order valence-corrected chi connectivity index (χ2v) is 31.7. The average Bonchev–Trinajstić information content (AvgIpc) is 1.56. The van der Waals surface area contributed by atoms with Gasteiger partial charge in [0.1, 0.15) is 0 Å². The third kappa shape index (κ3) is 10.5. The molecule has 1 atom stereocenters. The number of rotatable bonds is 12. The molecule has 0 heterocycles. The van der Waals surface area contributed by atoms with Crippen molar-refractivity contribution >= 4 is 120 Å². The van der Waals surface area contributed by atoms with Crippen LogP contribution in [0.3, 0.4) is 0 Å². The summed E-state index contributed by atoms with van der Waals surface area (Å²) in [4.78, 5) is 4.93. The second kappa shape index (κ2) is 25.6. The molecule has 112 heavy (non-hydrogen) atoms. The third-order valence-electron chi connectivity index (χ3n) is 25.0. The summed E-state index contributed by atoms with van der Waals surface area (Å²) >= 11 is 0. The van der Waals surface area contributed by atoms with E-state index in [4.69, 9.17) is 0 Å². The van der Waals surface area contributed by atoms with E-state index in [1.165, 1.54) is 181 Å². The van der Waals surface area contributed by atoms with Gasteiger partial charge in [0.2, 0.25) is 0 Å². The molecule has 526 valence electrons. The van der Waals surface area contributed by atoms with Crippen molar-refractivity contribution in [3.63, 3.8) is 0 Å². The van der Waals surface area contributed by atoms with Crippen LogP contribution in [0.2, 0.25) is 0 Å². The molecule has 0 fully saturated rings. The van der Waals surface area contributed by atoms with Crippen LogP contribution in [0.4, 0.5) is 34.1 Å². The maximum absolute atomic E-state index is 2.49. The van der Waals surface area contributed by atoms with Gasteiger partial charge in [-0.25, -0.2) is 0 Å². The van der Waals surface area contributed by atoms with Crippen molar-refractivity contribution in [1.29, 1.82) is 0 Å². The minimum atomic E-state index is -0.309. The molecule has 2 aliphatic rings. The Morgan fingerprint density at radius 3 is 1.24 bits per heavy atom. The largest absolute Gasteiger partial charge is 0.310 e. The first-order valence-corrected chi connectivity index (χ1v) is 39.3. The Kier molecular flexibility index (Phi) is 14.9. The Balaban J connectivity index is 0.592. The number of benzene rings is 20. The lowest BCUT2D eigenvalue weighted by Gasteiger charge is -2.29. The quantitative estimate of drug-likeness (QED) is 0.113. The summed E-state index contributed by atoms with van der Waals surface area (Å²) in [6, 6.07) is 148. The Morgan fingerprint density at radius 2 is 0.589 bits per heavy atom. The van der Waals surface area contributed by atoms with Gasteiger partial charge in [0.25, 0.3) is 0 Å². The first-order chi connectivity index (χ1) is 55.1. The van der Waals surface area contributed by atoms with Crippen molar-refractivity contribution in [1.82, 2.24) is 0 Å². The molecule has 22 rings (SSSR count). The lowest BCUT2D eigenvalue weighted by molar-refractivity contribution is 0.583. The van der Waals surface area contributed by atoms with Crippen LogP contribution in [0.25, 0.3) is 153 Å². The van der Waals surface area contributed by atoms with Crippen LogP contribution in [-0.2, 0) is 17.3 Å². The van der Waals surface area contributed by atoms with Gasteiger partial charge in [0.05, 0.1) is 5.69 Å². The second-order valence-electron chi connectivity index (χ2n) is 31.7. The van der Waals surface area contributed by atoms with Gasteiger partial charge in [-0.1, -0.05) is 336 Å². The minimum Gasteiger partial charge on any atom is -0.310 e. The maximum atomic E-state index is 2.49. The number of anilines is 6. The van der Waals surface area contributed by atoms with Gasteiger partial charge < -0.3 is 9.80 Å². The summed E-state index contributed by atoms with van der Waals surface area (Å²) in [6.45, 7) is 7.19. The van der Waals surface area contributed by atoms with Gasteiger partial charge in [-0.05, 0) is 260 Å². The van der Waals surface area contributed by atoms with E-state index in [1.54, 1.807) is 0 Å².